The van der Waals surface area contributed by atoms with Crippen LogP contribution in [0.5, 0.6) is 0 Å². The highest BCUT2D eigenvalue weighted by Crippen LogP contribution is 2.44. The van der Waals surface area contributed by atoms with Crippen molar-refractivity contribution in [2.45, 2.75) is 32.2 Å². The lowest BCUT2D eigenvalue weighted by Gasteiger charge is -2.25. The normalized spacial score (nSPS) is 17.2. The van der Waals surface area contributed by atoms with Crippen LogP contribution in [-0.2, 0) is 5.54 Å². The molecule has 3 rings (SSSR count). The third-order valence-electron chi connectivity index (χ3n) is 3.32. The summed E-state index contributed by atoms with van der Waals surface area (Å²) in [4.78, 5) is 8.60. The predicted molar refractivity (Wildman–Crippen MR) is 57.4 cm³/mol. The van der Waals surface area contributed by atoms with Crippen molar-refractivity contribution >= 4 is 11.2 Å². The molecule has 0 spiro atoms. The van der Waals surface area contributed by atoms with E-state index in [1.54, 1.807) is 18.6 Å². The SMILES string of the molecule is CC(C)(C1CC1)n1ncc2nccnc21. The zero-order valence-electron chi connectivity index (χ0n) is 9.01. The van der Waals surface area contributed by atoms with Crippen molar-refractivity contribution in [3.05, 3.63) is 18.6 Å². The Bertz CT molecular complexity index is 496. The van der Waals surface area contributed by atoms with Crippen LogP contribution in [0.1, 0.15) is 26.7 Å². The van der Waals surface area contributed by atoms with Gasteiger partial charge in [0.25, 0.3) is 0 Å². The van der Waals surface area contributed by atoms with E-state index in [1.807, 2.05) is 4.68 Å². The van der Waals surface area contributed by atoms with Crippen molar-refractivity contribution in [1.29, 1.82) is 0 Å². The molecule has 78 valence electrons. The fourth-order valence-corrected chi connectivity index (χ4v) is 2.15. The quantitative estimate of drug-likeness (QED) is 0.747. The van der Waals surface area contributed by atoms with E-state index in [1.165, 1.54) is 12.8 Å². The topological polar surface area (TPSA) is 43.6 Å². The lowest BCUT2D eigenvalue weighted by atomic mass is 9.99. The van der Waals surface area contributed by atoms with E-state index < -0.39 is 0 Å². The molecule has 1 aliphatic rings. The summed E-state index contributed by atoms with van der Waals surface area (Å²) in [5.41, 5.74) is 1.85. The van der Waals surface area contributed by atoms with Crippen LogP contribution in [0.4, 0.5) is 0 Å². The molecule has 4 heteroatoms. The Labute approximate surface area is 88.3 Å². The van der Waals surface area contributed by atoms with Gasteiger partial charge in [-0.25, -0.2) is 14.6 Å². The number of rotatable bonds is 2. The molecule has 0 bridgehead atoms. The summed E-state index contributed by atoms with van der Waals surface area (Å²) in [6.45, 7) is 4.46. The van der Waals surface area contributed by atoms with Gasteiger partial charge in [-0.05, 0) is 32.6 Å². The Hall–Kier alpha value is -1.45. The summed E-state index contributed by atoms with van der Waals surface area (Å²) >= 11 is 0. The van der Waals surface area contributed by atoms with E-state index in [-0.39, 0.29) is 5.54 Å². The maximum absolute atomic E-state index is 4.42. The first kappa shape index (κ1) is 8.83. The smallest absolute Gasteiger partial charge is 0.177 e. The highest BCUT2D eigenvalue weighted by molar-refractivity contribution is 5.68. The summed E-state index contributed by atoms with van der Waals surface area (Å²) in [6, 6.07) is 0. The lowest BCUT2D eigenvalue weighted by molar-refractivity contribution is 0.282. The Kier molecular flexibility index (Phi) is 1.63. The molecule has 0 saturated heterocycles. The molecule has 0 aromatic carbocycles. The van der Waals surface area contributed by atoms with Crippen molar-refractivity contribution in [2.24, 2.45) is 5.92 Å². The fraction of sp³-hybridized carbons (Fsp3) is 0.545. The predicted octanol–water partition coefficient (Wildman–Crippen LogP) is 1.97. The second-order valence-electron chi connectivity index (χ2n) is 4.75. The molecular weight excluding hydrogens is 188 g/mol. The molecule has 0 radical (unpaired) electrons. The van der Waals surface area contributed by atoms with Crippen molar-refractivity contribution < 1.29 is 0 Å². The van der Waals surface area contributed by atoms with Gasteiger partial charge in [0, 0.05) is 12.4 Å². The van der Waals surface area contributed by atoms with Gasteiger partial charge in [-0.3, -0.25) is 0 Å². The first-order valence-corrected chi connectivity index (χ1v) is 5.35. The molecule has 1 saturated carbocycles. The Morgan fingerprint density at radius 3 is 2.73 bits per heavy atom. The fourth-order valence-electron chi connectivity index (χ4n) is 2.15. The van der Waals surface area contributed by atoms with Crippen LogP contribution in [0.2, 0.25) is 0 Å². The van der Waals surface area contributed by atoms with Crippen LogP contribution in [-0.4, -0.2) is 19.7 Å². The first-order chi connectivity index (χ1) is 7.19. The molecule has 0 atom stereocenters. The lowest BCUT2D eigenvalue weighted by Crippen LogP contribution is -2.30. The molecule has 4 nitrogen and oxygen atoms in total. The highest BCUT2D eigenvalue weighted by atomic mass is 15.3. The molecule has 2 aromatic heterocycles. The van der Waals surface area contributed by atoms with Gasteiger partial charge in [-0.1, -0.05) is 0 Å². The maximum atomic E-state index is 4.42. The van der Waals surface area contributed by atoms with E-state index in [0.717, 1.165) is 17.1 Å². The summed E-state index contributed by atoms with van der Waals surface area (Å²) in [5, 5.41) is 4.42. The molecule has 2 heterocycles. The summed E-state index contributed by atoms with van der Waals surface area (Å²) in [7, 11) is 0. The van der Waals surface area contributed by atoms with E-state index in [4.69, 9.17) is 0 Å². The van der Waals surface area contributed by atoms with Crippen LogP contribution in [0, 0.1) is 5.92 Å². The zero-order chi connectivity index (χ0) is 10.5. The van der Waals surface area contributed by atoms with Crippen LogP contribution < -0.4 is 0 Å². The van der Waals surface area contributed by atoms with Gasteiger partial charge >= 0.3 is 0 Å². The molecule has 2 aromatic rings. The van der Waals surface area contributed by atoms with Crippen molar-refractivity contribution in [3.63, 3.8) is 0 Å². The van der Waals surface area contributed by atoms with Crippen molar-refractivity contribution in [1.82, 2.24) is 19.7 Å². The van der Waals surface area contributed by atoms with Crippen molar-refractivity contribution in [3.8, 4) is 0 Å². The molecular formula is C11H14N4. The number of fused-ring (bicyclic) bond motifs is 1. The van der Waals surface area contributed by atoms with Crippen LogP contribution >= 0.6 is 0 Å². The second kappa shape index (κ2) is 2.78. The van der Waals surface area contributed by atoms with Gasteiger partial charge in [0.15, 0.2) is 5.65 Å². The standard InChI is InChI=1S/C11H14N4/c1-11(2,8-3-4-8)15-10-9(7-14-15)12-5-6-13-10/h5-8H,3-4H2,1-2H3. The third kappa shape index (κ3) is 1.24. The average molecular weight is 202 g/mol. The highest BCUT2D eigenvalue weighted by Gasteiger charge is 2.40. The molecule has 0 amide bonds. The Morgan fingerprint density at radius 2 is 2.00 bits per heavy atom. The minimum atomic E-state index is 0.0672. The summed E-state index contributed by atoms with van der Waals surface area (Å²) in [6.07, 6.45) is 7.83. The van der Waals surface area contributed by atoms with Gasteiger partial charge in [0.2, 0.25) is 0 Å². The van der Waals surface area contributed by atoms with Crippen molar-refractivity contribution in [2.75, 3.05) is 0 Å². The van der Waals surface area contributed by atoms with E-state index in [0.29, 0.717) is 0 Å². The monoisotopic (exact) mass is 202 g/mol. The van der Waals surface area contributed by atoms with Gasteiger partial charge in [-0.15, -0.1) is 0 Å². The van der Waals surface area contributed by atoms with E-state index >= 15 is 0 Å². The number of hydrogen-bond donors (Lipinski definition) is 0. The molecule has 1 aliphatic carbocycles. The number of aromatic nitrogens is 4. The number of nitrogens with zero attached hydrogens (tertiary/aromatic N) is 4. The summed E-state index contributed by atoms with van der Waals surface area (Å²) < 4.78 is 2.02. The average Bonchev–Trinajstić information content (AvgIpc) is 2.98. The van der Waals surface area contributed by atoms with E-state index in [9.17, 15) is 0 Å². The summed E-state index contributed by atoms with van der Waals surface area (Å²) in [5.74, 6) is 0.739. The van der Waals surface area contributed by atoms with Crippen LogP contribution in [0.25, 0.3) is 11.2 Å². The second-order valence-corrected chi connectivity index (χ2v) is 4.75. The molecule has 0 unspecified atom stereocenters. The maximum Gasteiger partial charge on any atom is 0.177 e. The van der Waals surface area contributed by atoms with Gasteiger partial charge in [-0.2, -0.15) is 5.10 Å². The van der Waals surface area contributed by atoms with Gasteiger partial charge in [0.1, 0.15) is 5.52 Å². The molecule has 0 aliphatic heterocycles. The van der Waals surface area contributed by atoms with Gasteiger partial charge in [0.05, 0.1) is 11.7 Å². The minimum Gasteiger partial charge on any atom is -0.250 e. The zero-order valence-corrected chi connectivity index (χ0v) is 9.01. The van der Waals surface area contributed by atoms with E-state index in [2.05, 4.69) is 28.9 Å². The Balaban J connectivity index is 2.18. The number of hydrogen-bond acceptors (Lipinski definition) is 3. The molecule has 0 N–H and O–H groups in total. The largest absolute Gasteiger partial charge is 0.250 e. The minimum absolute atomic E-state index is 0.0672. The first-order valence-electron chi connectivity index (χ1n) is 5.35. The molecule has 15 heavy (non-hydrogen) atoms. The van der Waals surface area contributed by atoms with Crippen LogP contribution in [0.15, 0.2) is 18.6 Å². The third-order valence-corrected chi connectivity index (χ3v) is 3.32. The van der Waals surface area contributed by atoms with Gasteiger partial charge < -0.3 is 0 Å². The Morgan fingerprint density at radius 1 is 1.27 bits per heavy atom. The molecule has 1 fully saturated rings. The van der Waals surface area contributed by atoms with Crippen LogP contribution in [0.3, 0.4) is 0 Å².